The molecule has 0 aliphatic carbocycles. The van der Waals surface area contributed by atoms with Crippen LogP contribution in [0.1, 0.15) is 55.5 Å². The van der Waals surface area contributed by atoms with E-state index < -0.39 is 41.9 Å². The van der Waals surface area contributed by atoms with E-state index in [1.54, 1.807) is 6.92 Å². The van der Waals surface area contributed by atoms with E-state index in [0.29, 0.717) is 29.0 Å². The molecule has 176 valence electrons. The Kier molecular flexibility index (Phi) is 7.14. The Balaban J connectivity index is 1.61. The fraction of sp³-hybridized carbons (Fsp3) is 0.480. The van der Waals surface area contributed by atoms with Gasteiger partial charge in [-0.15, -0.1) is 11.3 Å². The second-order valence-electron chi connectivity index (χ2n) is 8.54. The number of hydrogen-bond donors (Lipinski definition) is 2. The van der Waals surface area contributed by atoms with E-state index in [9.17, 15) is 19.5 Å². The van der Waals surface area contributed by atoms with Gasteiger partial charge in [-0.25, -0.2) is 4.79 Å². The molecule has 2 aromatic rings. The third-order valence-corrected chi connectivity index (χ3v) is 7.35. The molecule has 4 rings (SSSR count). The first-order valence-electron chi connectivity index (χ1n) is 11.5. The van der Waals surface area contributed by atoms with Crippen LogP contribution in [0.5, 0.6) is 0 Å². The number of aryl methyl sites for hydroxylation is 1. The van der Waals surface area contributed by atoms with Gasteiger partial charge in [0.2, 0.25) is 5.91 Å². The number of nitrogens with one attached hydrogen (secondary N) is 1. The molecule has 8 heteroatoms. The second kappa shape index (κ2) is 10.1. The van der Waals surface area contributed by atoms with E-state index >= 15 is 0 Å². The van der Waals surface area contributed by atoms with Gasteiger partial charge >= 0.3 is 11.9 Å². The maximum absolute atomic E-state index is 13.1. The summed E-state index contributed by atoms with van der Waals surface area (Å²) in [5, 5.41) is 14.7. The molecule has 3 heterocycles. The zero-order valence-corrected chi connectivity index (χ0v) is 19.7. The van der Waals surface area contributed by atoms with Crippen molar-refractivity contribution in [3.63, 3.8) is 0 Å². The summed E-state index contributed by atoms with van der Waals surface area (Å²) in [7, 11) is 0. The summed E-state index contributed by atoms with van der Waals surface area (Å²) in [6, 6.07) is 8.07. The second-order valence-corrected chi connectivity index (χ2v) is 9.42. The lowest BCUT2D eigenvalue weighted by atomic mass is 9.79. The highest BCUT2D eigenvalue weighted by molar-refractivity contribution is 7.15. The zero-order chi connectivity index (χ0) is 23.5. The van der Waals surface area contributed by atoms with Crippen LogP contribution >= 0.6 is 11.3 Å². The first-order valence-corrected chi connectivity index (χ1v) is 12.4. The van der Waals surface area contributed by atoms with Crippen molar-refractivity contribution in [2.45, 2.75) is 58.2 Å². The van der Waals surface area contributed by atoms with E-state index in [2.05, 4.69) is 24.4 Å². The average Bonchev–Trinajstić information content (AvgIpc) is 3.52. The third kappa shape index (κ3) is 4.68. The number of ether oxygens (including phenoxy) is 2. The van der Waals surface area contributed by atoms with Crippen LogP contribution in [0.2, 0.25) is 0 Å². The molecule has 1 aromatic heterocycles. The Hall–Kier alpha value is -2.71. The fourth-order valence-electron chi connectivity index (χ4n) is 4.82. The number of carbonyl (C=O) groups excluding carboxylic acids is 2. The van der Waals surface area contributed by atoms with Crippen LogP contribution in [-0.2, 0) is 25.5 Å². The summed E-state index contributed by atoms with van der Waals surface area (Å²) in [5.41, 5.74) is 3.09. The van der Waals surface area contributed by atoms with E-state index in [0.717, 1.165) is 24.8 Å². The minimum atomic E-state index is -1.03. The van der Waals surface area contributed by atoms with E-state index in [4.69, 9.17) is 9.47 Å². The average molecular weight is 472 g/mol. The number of hydrogen-bond acceptors (Lipinski definition) is 6. The number of fused-ring (bicyclic) bond motifs is 2. The van der Waals surface area contributed by atoms with Gasteiger partial charge in [0.1, 0.15) is 10.6 Å². The van der Waals surface area contributed by atoms with Crippen LogP contribution in [0, 0.1) is 11.8 Å². The molecular weight excluding hydrogens is 442 g/mol. The number of carboxylic acids is 1. The van der Waals surface area contributed by atoms with Gasteiger partial charge in [0.15, 0.2) is 0 Å². The van der Waals surface area contributed by atoms with Crippen molar-refractivity contribution in [3.8, 4) is 11.1 Å². The minimum absolute atomic E-state index is 0.207. The first-order chi connectivity index (χ1) is 15.9. The Morgan fingerprint density at radius 3 is 2.45 bits per heavy atom. The maximum Gasteiger partial charge on any atom is 0.341 e. The van der Waals surface area contributed by atoms with Crippen molar-refractivity contribution in [3.05, 3.63) is 40.8 Å². The number of esters is 1. The van der Waals surface area contributed by atoms with Gasteiger partial charge in [-0.05, 0) is 43.7 Å². The molecule has 0 unspecified atom stereocenters. The molecular formula is C25H29NO6S. The molecule has 2 aliphatic heterocycles. The van der Waals surface area contributed by atoms with Crippen molar-refractivity contribution >= 4 is 34.2 Å². The number of aliphatic carboxylic acids is 1. The monoisotopic (exact) mass is 471 g/mol. The van der Waals surface area contributed by atoms with Crippen LogP contribution in [0.15, 0.2) is 29.6 Å². The zero-order valence-electron chi connectivity index (χ0n) is 18.8. The Labute approximate surface area is 197 Å². The number of carboxylic acid groups (broad SMARTS) is 1. The lowest BCUT2D eigenvalue weighted by molar-refractivity contribution is -0.147. The molecule has 7 nitrogen and oxygen atoms in total. The van der Waals surface area contributed by atoms with Crippen LogP contribution in [0.4, 0.5) is 5.00 Å². The molecule has 2 fully saturated rings. The van der Waals surface area contributed by atoms with Crippen molar-refractivity contribution in [2.24, 2.45) is 11.8 Å². The number of amides is 1. The summed E-state index contributed by atoms with van der Waals surface area (Å²) < 4.78 is 11.0. The molecule has 2 N–H and O–H groups in total. The van der Waals surface area contributed by atoms with Crippen LogP contribution in [-0.4, -0.2) is 41.8 Å². The predicted molar refractivity (Wildman–Crippen MR) is 125 cm³/mol. The largest absolute Gasteiger partial charge is 0.481 e. The number of unbranched alkanes of at least 4 members (excludes halogenated alkanes) is 1. The standard InChI is InChI=1S/C25H29NO6S/c1-3-5-6-14-7-9-15(10-8-14)16-13-33-23(19(16)25(30)31-4-2)26-22(27)20-17-11-12-18(32-17)21(20)24(28)29/h7-10,13,17-18,20-21H,3-6,11-12H2,1-2H3,(H,26,27)(H,28,29)/t17-,18-,20+,21-/m1/s1. The molecule has 1 amide bonds. The summed E-state index contributed by atoms with van der Waals surface area (Å²) >= 11 is 1.24. The molecule has 2 bridgehead atoms. The van der Waals surface area contributed by atoms with E-state index in [1.807, 2.05) is 17.5 Å². The highest BCUT2D eigenvalue weighted by Crippen LogP contribution is 2.45. The van der Waals surface area contributed by atoms with Gasteiger partial charge in [-0.1, -0.05) is 37.6 Å². The Morgan fingerprint density at radius 1 is 1.12 bits per heavy atom. The third-order valence-electron chi connectivity index (χ3n) is 6.45. The molecule has 0 saturated carbocycles. The molecule has 1 aromatic carbocycles. The molecule has 4 atom stereocenters. The topological polar surface area (TPSA) is 102 Å². The Bertz CT molecular complexity index is 1030. The Morgan fingerprint density at radius 2 is 1.82 bits per heavy atom. The number of thiophene rings is 1. The summed E-state index contributed by atoms with van der Waals surface area (Å²) in [6.07, 6.45) is 3.72. The molecule has 0 radical (unpaired) electrons. The van der Waals surface area contributed by atoms with Crippen molar-refractivity contribution < 1.29 is 29.0 Å². The number of anilines is 1. The van der Waals surface area contributed by atoms with Crippen molar-refractivity contribution in [2.75, 3.05) is 11.9 Å². The normalized spacial score (nSPS) is 23.5. The summed E-state index contributed by atoms with van der Waals surface area (Å²) in [4.78, 5) is 37.8. The van der Waals surface area contributed by atoms with E-state index in [-0.39, 0.29) is 6.61 Å². The SMILES string of the molecule is CCCCc1ccc(-c2csc(NC(=O)[C@@H]3[C@H](C(=O)O)[C@H]4CC[C@H]3O4)c2C(=O)OCC)cc1. The van der Waals surface area contributed by atoms with Crippen LogP contribution < -0.4 is 5.32 Å². The van der Waals surface area contributed by atoms with E-state index in [1.165, 1.54) is 16.9 Å². The first kappa shape index (κ1) is 23.4. The van der Waals surface area contributed by atoms with Crippen molar-refractivity contribution in [1.29, 1.82) is 0 Å². The highest BCUT2D eigenvalue weighted by Gasteiger charge is 2.55. The molecule has 2 saturated heterocycles. The highest BCUT2D eigenvalue weighted by atomic mass is 32.1. The van der Waals surface area contributed by atoms with Gasteiger partial charge in [0, 0.05) is 10.9 Å². The lowest BCUT2D eigenvalue weighted by Crippen LogP contribution is -2.41. The van der Waals surface area contributed by atoms with Gasteiger partial charge in [-0.2, -0.15) is 0 Å². The minimum Gasteiger partial charge on any atom is -0.481 e. The quantitative estimate of drug-likeness (QED) is 0.512. The van der Waals surface area contributed by atoms with Crippen LogP contribution in [0.25, 0.3) is 11.1 Å². The summed E-state index contributed by atoms with van der Waals surface area (Å²) in [6.45, 7) is 4.09. The lowest BCUT2D eigenvalue weighted by Gasteiger charge is -2.23. The molecule has 2 aliphatic rings. The molecule has 0 spiro atoms. The van der Waals surface area contributed by atoms with Gasteiger partial charge in [-0.3, -0.25) is 9.59 Å². The maximum atomic E-state index is 13.1. The number of benzene rings is 1. The predicted octanol–water partition coefficient (Wildman–Crippen LogP) is 4.75. The van der Waals surface area contributed by atoms with Gasteiger partial charge < -0.3 is 19.9 Å². The molecule has 33 heavy (non-hydrogen) atoms. The summed E-state index contributed by atoms with van der Waals surface area (Å²) in [5.74, 6) is -3.62. The van der Waals surface area contributed by atoms with Gasteiger partial charge in [0.25, 0.3) is 0 Å². The fourth-order valence-corrected chi connectivity index (χ4v) is 5.78. The smallest absolute Gasteiger partial charge is 0.341 e. The van der Waals surface area contributed by atoms with Crippen LogP contribution in [0.3, 0.4) is 0 Å². The number of carbonyl (C=O) groups is 3. The number of rotatable bonds is 9. The van der Waals surface area contributed by atoms with Gasteiger partial charge in [0.05, 0.1) is 30.7 Å². The van der Waals surface area contributed by atoms with Crippen molar-refractivity contribution in [1.82, 2.24) is 0 Å².